The SMILES string of the molecule is COc1ccccc1-c1nc(CC(=O)NCC(=O)N2CCN(C)CC2)c(C)o1. The standard InChI is InChI=1S/C20H26N4O4/c1-14-16(22-20(28-14)15-6-4-5-7-17(15)27-3)12-18(25)21-13-19(26)24-10-8-23(2)9-11-24/h4-7H,8-13H2,1-3H3,(H,21,25). The molecule has 3 rings (SSSR count). The average molecular weight is 386 g/mol. The van der Waals surface area contributed by atoms with E-state index in [1.807, 2.05) is 31.3 Å². The number of aromatic nitrogens is 1. The summed E-state index contributed by atoms with van der Waals surface area (Å²) in [6.45, 7) is 4.85. The molecule has 1 N–H and O–H groups in total. The van der Waals surface area contributed by atoms with Crippen molar-refractivity contribution >= 4 is 11.8 Å². The van der Waals surface area contributed by atoms with Crippen molar-refractivity contribution in [2.45, 2.75) is 13.3 Å². The number of methoxy groups -OCH3 is 1. The van der Waals surface area contributed by atoms with Gasteiger partial charge in [0.05, 0.1) is 31.3 Å². The first kappa shape index (κ1) is 19.9. The predicted molar refractivity (Wildman–Crippen MR) is 104 cm³/mol. The van der Waals surface area contributed by atoms with Crippen molar-refractivity contribution in [3.8, 4) is 17.2 Å². The Labute approximate surface area is 164 Å². The Kier molecular flexibility index (Phi) is 6.30. The van der Waals surface area contributed by atoms with E-state index in [2.05, 4.69) is 15.2 Å². The molecule has 1 aromatic heterocycles. The van der Waals surface area contributed by atoms with E-state index in [0.29, 0.717) is 36.2 Å². The second-order valence-corrected chi connectivity index (χ2v) is 6.86. The van der Waals surface area contributed by atoms with Gasteiger partial charge in [-0.15, -0.1) is 0 Å². The van der Waals surface area contributed by atoms with Crippen LogP contribution in [0.2, 0.25) is 0 Å². The Morgan fingerprint density at radius 1 is 1.21 bits per heavy atom. The van der Waals surface area contributed by atoms with Gasteiger partial charge in [0, 0.05) is 26.2 Å². The van der Waals surface area contributed by atoms with Gasteiger partial charge in [0.25, 0.3) is 0 Å². The number of likely N-dealkylation sites (N-methyl/N-ethyl adjacent to an activating group) is 1. The van der Waals surface area contributed by atoms with Crippen LogP contribution in [0.1, 0.15) is 11.5 Å². The third kappa shape index (κ3) is 4.69. The van der Waals surface area contributed by atoms with Gasteiger partial charge in [-0.2, -0.15) is 0 Å². The van der Waals surface area contributed by atoms with Crippen molar-refractivity contribution in [1.29, 1.82) is 0 Å². The Morgan fingerprint density at radius 2 is 1.93 bits per heavy atom. The number of ether oxygens (including phenoxy) is 1. The Balaban J connectivity index is 1.57. The molecule has 0 atom stereocenters. The van der Waals surface area contributed by atoms with Gasteiger partial charge < -0.3 is 24.3 Å². The van der Waals surface area contributed by atoms with Crippen LogP contribution in [0.3, 0.4) is 0 Å². The summed E-state index contributed by atoms with van der Waals surface area (Å²) in [7, 11) is 3.61. The Hall–Kier alpha value is -2.87. The molecule has 2 amide bonds. The summed E-state index contributed by atoms with van der Waals surface area (Å²) < 4.78 is 11.1. The summed E-state index contributed by atoms with van der Waals surface area (Å²) in [6, 6.07) is 7.41. The number of aryl methyl sites for hydroxylation is 1. The van der Waals surface area contributed by atoms with Gasteiger partial charge in [0.2, 0.25) is 17.7 Å². The second-order valence-electron chi connectivity index (χ2n) is 6.86. The number of nitrogens with one attached hydrogen (secondary N) is 1. The highest BCUT2D eigenvalue weighted by Crippen LogP contribution is 2.30. The molecule has 1 aliphatic rings. The van der Waals surface area contributed by atoms with Gasteiger partial charge in [-0.25, -0.2) is 4.98 Å². The monoisotopic (exact) mass is 386 g/mol. The molecule has 0 radical (unpaired) electrons. The number of benzene rings is 1. The molecular weight excluding hydrogens is 360 g/mol. The zero-order valence-electron chi connectivity index (χ0n) is 16.5. The molecular formula is C20H26N4O4. The lowest BCUT2D eigenvalue weighted by molar-refractivity contribution is -0.134. The topological polar surface area (TPSA) is 87.9 Å². The number of hydrogen-bond donors (Lipinski definition) is 1. The quantitative estimate of drug-likeness (QED) is 0.800. The van der Waals surface area contributed by atoms with Crippen molar-refractivity contribution in [2.75, 3.05) is 46.9 Å². The number of oxazole rings is 1. The summed E-state index contributed by atoms with van der Waals surface area (Å²) in [5, 5.41) is 2.69. The van der Waals surface area contributed by atoms with E-state index in [-0.39, 0.29) is 24.8 Å². The molecule has 2 heterocycles. The molecule has 8 nitrogen and oxygen atoms in total. The highest BCUT2D eigenvalue weighted by molar-refractivity contribution is 5.85. The van der Waals surface area contributed by atoms with E-state index >= 15 is 0 Å². The summed E-state index contributed by atoms with van der Waals surface area (Å²) in [4.78, 5) is 32.9. The van der Waals surface area contributed by atoms with E-state index in [1.54, 1.807) is 18.9 Å². The highest BCUT2D eigenvalue weighted by Gasteiger charge is 2.20. The number of carbonyl (C=O) groups is 2. The first-order valence-electron chi connectivity index (χ1n) is 9.30. The molecule has 28 heavy (non-hydrogen) atoms. The number of para-hydroxylation sites is 1. The highest BCUT2D eigenvalue weighted by atomic mass is 16.5. The van der Waals surface area contributed by atoms with Gasteiger partial charge >= 0.3 is 0 Å². The smallest absolute Gasteiger partial charge is 0.242 e. The largest absolute Gasteiger partial charge is 0.496 e. The molecule has 2 aromatic rings. The fourth-order valence-electron chi connectivity index (χ4n) is 3.09. The maximum absolute atomic E-state index is 12.3. The van der Waals surface area contributed by atoms with Crippen LogP contribution in [-0.2, 0) is 16.0 Å². The molecule has 0 unspecified atom stereocenters. The summed E-state index contributed by atoms with van der Waals surface area (Å²) in [6.07, 6.45) is 0.0561. The van der Waals surface area contributed by atoms with Crippen LogP contribution >= 0.6 is 0 Å². The molecule has 1 aliphatic heterocycles. The summed E-state index contributed by atoms with van der Waals surface area (Å²) >= 11 is 0. The zero-order valence-corrected chi connectivity index (χ0v) is 16.5. The van der Waals surface area contributed by atoms with Crippen LogP contribution in [-0.4, -0.2) is 73.5 Å². The number of hydrogen-bond acceptors (Lipinski definition) is 6. The molecule has 0 bridgehead atoms. The van der Waals surface area contributed by atoms with Crippen molar-refractivity contribution in [1.82, 2.24) is 20.1 Å². The van der Waals surface area contributed by atoms with E-state index in [4.69, 9.17) is 9.15 Å². The Morgan fingerprint density at radius 3 is 2.64 bits per heavy atom. The maximum atomic E-state index is 12.3. The molecule has 1 fully saturated rings. The fraction of sp³-hybridized carbons (Fsp3) is 0.450. The third-order valence-electron chi connectivity index (χ3n) is 4.85. The van der Waals surface area contributed by atoms with E-state index < -0.39 is 0 Å². The molecule has 150 valence electrons. The first-order valence-corrected chi connectivity index (χ1v) is 9.30. The number of carbonyl (C=O) groups excluding carboxylic acids is 2. The van der Waals surface area contributed by atoms with Gasteiger partial charge in [-0.1, -0.05) is 12.1 Å². The van der Waals surface area contributed by atoms with Crippen molar-refractivity contribution < 1.29 is 18.7 Å². The van der Waals surface area contributed by atoms with Gasteiger partial charge in [-0.3, -0.25) is 9.59 Å². The minimum atomic E-state index is -0.259. The number of amides is 2. The van der Waals surface area contributed by atoms with Crippen molar-refractivity contribution in [3.63, 3.8) is 0 Å². The van der Waals surface area contributed by atoms with Gasteiger partial charge in [0.1, 0.15) is 11.5 Å². The fourth-order valence-corrected chi connectivity index (χ4v) is 3.09. The number of nitrogens with zero attached hydrogens (tertiary/aromatic N) is 3. The lowest BCUT2D eigenvalue weighted by Gasteiger charge is -2.32. The van der Waals surface area contributed by atoms with E-state index in [0.717, 1.165) is 18.7 Å². The second kappa shape index (κ2) is 8.88. The Bertz CT molecular complexity index is 840. The summed E-state index contributed by atoms with van der Waals surface area (Å²) in [5.41, 5.74) is 1.27. The molecule has 1 saturated heterocycles. The molecule has 1 aromatic carbocycles. The minimum absolute atomic E-state index is 0.00118. The molecule has 0 saturated carbocycles. The van der Waals surface area contributed by atoms with Crippen LogP contribution in [0.4, 0.5) is 0 Å². The van der Waals surface area contributed by atoms with Crippen LogP contribution < -0.4 is 10.1 Å². The third-order valence-corrected chi connectivity index (χ3v) is 4.85. The maximum Gasteiger partial charge on any atom is 0.242 e. The van der Waals surface area contributed by atoms with Gasteiger partial charge in [0.15, 0.2) is 0 Å². The van der Waals surface area contributed by atoms with Gasteiger partial charge in [-0.05, 0) is 26.1 Å². The zero-order chi connectivity index (χ0) is 20.1. The molecule has 0 aliphatic carbocycles. The minimum Gasteiger partial charge on any atom is -0.496 e. The average Bonchev–Trinajstić information content (AvgIpc) is 3.06. The van der Waals surface area contributed by atoms with Crippen molar-refractivity contribution in [3.05, 3.63) is 35.7 Å². The molecule has 0 spiro atoms. The summed E-state index contributed by atoms with van der Waals surface area (Å²) in [5.74, 6) is 1.31. The van der Waals surface area contributed by atoms with Crippen LogP contribution in [0, 0.1) is 6.92 Å². The lowest BCUT2D eigenvalue weighted by atomic mass is 10.2. The van der Waals surface area contributed by atoms with Crippen molar-refractivity contribution in [2.24, 2.45) is 0 Å². The lowest BCUT2D eigenvalue weighted by Crippen LogP contribution is -2.50. The van der Waals surface area contributed by atoms with Crippen LogP contribution in [0.15, 0.2) is 28.7 Å². The van der Waals surface area contributed by atoms with Crippen LogP contribution in [0.5, 0.6) is 5.75 Å². The predicted octanol–water partition coefficient (Wildman–Crippen LogP) is 1.09. The van der Waals surface area contributed by atoms with E-state index in [1.165, 1.54) is 0 Å². The first-order chi connectivity index (χ1) is 13.5. The van der Waals surface area contributed by atoms with Crippen LogP contribution in [0.25, 0.3) is 11.5 Å². The number of rotatable bonds is 6. The molecule has 8 heteroatoms. The van der Waals surface area contributed by atoms with E-state index in [9.17, 15) is 9.59 Å². The number of piperazine rings is 1. The normalized spacial score (nSPS) is 14.8.